The molecule has 2 heterocycles. The minimum absolute atomic E-state index is 0.0218. The molecule has 0 bridgehead atoms. The molecule has 0 saturated heterocycles. The average molecular weight is 500 g/mol. The van der Waals surface area contributed by atoms with E-state index in [1.165, 1.54) is 0 Å². The summed E-state index contributed by atoms with van der Waals surface area (Å²) in [5.74, 6) is 2.20. The zero-order valence-electron chi connectivity index (χ0n) is 20.2. The molecule has 0 unspecified atom stereocenters. The van der Waals surface area contributed by atoms with Gasteiger partial charge in [-0.1, -0.05) is 42.0 Å². The lowest BCUT2D eigenvalue weighted by molar-refractivity contribution is 0.0984. The van der Waals surface area contributed by atoms with Gasteiger partial charge in [0, 0.05) is 28.0 Å². The fourth-order valence-electron chi connectivity index (χ4n) is 4.05. The first-order chi connectivity index (χ1) is 17.6. The number of fused-ring (bicyclic) bond motifs is 2. The van der Waals surface area contributed by atoms with Crippen LogP contribution in [0.15, 0.2) is 75.0 Å². The number of hydrogen-bond acceptors (Lipinski definition) is 7. The highest BCUT2D eigenvalue weighted by Gasteiger charge is 2.27. The van der Waals surface area contributed by atoms with E-state index in [2.05, 4.69) is 17.1 Å². The Morgan fingerprint density at radius 3 is 2.61 bits per heavy atom. The summed E-state index contributed by atoms with van der Waals surface area (Å²) in [6.45, 7) is 2.72. The number of anilines is 1. The number of nitrogens with zero attached hydrogens (tertiary/aromatic N) is 3. The third kappa shape index (κ3) is 4.59. The second kappa shape index (κ2) is 10.3. The average Bonchev–Trinajstić information content (AvgIpc) is 3.35. The van der Waals surface area contributed by atoms with Crippen LogP contribution in [-0.2, 0) is 0 Å². The van der Waals surface area contributed by atoms with E-state index in [-0.39, 0.29) is 5.91 Å². The Morgan fingerprint density at radius 1 is 0.972 bits per heavy atom. The van der Waals surface area contributed by atoms with Crippen LogP contribution < -0.4 is 14.4 Å². The van der Waals surface area contributed by atoms with Gasteiger partial charge in [-0.25, -0.2) is 0 Å². The maximum atomic E-state index is 13.3. The van der Waals surface area contributed by atoms with Gasteiger partial charge in [-0.05, 0) is 60.5 Å². The molecular formula is C28H25N3O4S. The van der Waals surface area contributed by atoms with Crippen molar-refractivity contribution in [3.8, 4) is 22.9 Å². The molecule has 0 N–H and O–H groups in total. The highest BCUT2D eigenvalue weighted by atomic mass is 32.2. The molecule has 36 heavy (non-hydrogen) atoms. The number of hydrogen-bond donors (Lipinski definition) is 0. The fraction of sp³-hybridized carbons (Fsp3) is 0.179. The van der Waals surface area contributed by atoms with Crippen LogP contribution in [0.5, 0.6) is 11.5 Å². The Hall–Kier alpha value is -4.04. The molecule has 0 aliphatic carbocycles. The maximum Gasteiger partial charge on any atom is 0.259 e. The van der Waals surface area contributed by atoms with Crippen LogP contribution in [-0.4, -0.2) is 36.8 Å². The molecule has 0 atom stereocenters. The molecule has 0 spiro atoms. The van der Waals surface area contributed by atoms with Gasteiger partial charge in [-0.15, -0.1) is 0 Å². The Morgan fingerprint density at radius 2 is 1.81 bits per heavy atom. The topological polar surface area (TPSA) is 77.7 Å². The zero-order chi connectivity index (χ0) is 25.1. The molecule has 4 aromatic rings. The zero-order valence-corrected chi connectivity index (χ0v) is 21.0. The van der Waals surface area contributed by atoms with Crippen LogP contribution in [0.25, 0.3) is 23.5 Å². The minimum Gasteiger partial charge on any atom is -0.493 e. The highest BCUT2D eigenvalue weighted by Crippen LogP contribution is 2.43. The molecule has 1 aromatic heterocycles. The summed E-state index contributed by atoms with van der Waals surface area (Å²) in [7, 11) is 3.21. The monoisotopic (exact) mass is 499 g/mol. The summed E-state index contributed by atoms with van der Waals surface area (Å²) < 4.78 is 16.1. The standard InChI is InChI=1S/C28H25N3O4S/c1-4-15-31-21-12-11-19(17-25(21)36-24-8-6-5-7-20(24)28(31)32)27-29-26(35-30-27)14-10-18-9-13-22(33-2)23(16-18)34-3/h5-14,16-17H,4,15H2,1-3H3. The lowest BCUT2D eigenvalue weighted by atomic mass is 10.1. The van der Waals surface area contributed by atoms with Gasteiger partial charge in [-0.3, -0.25) is 4.79 Å². The van der Waals surface area contributed by atoms with E-state index >= 15 is 0 Å². The molecule has 1 aliphatic heterocycles. The smallest absolute Gasteiger partial charge is 0.259 e. The lowest BCUT2D eigenvalue weighted by Gasteiger charge is -2.22. The SMILES string of the molecule is CCCN1C(=O)c2ccccc2Sc2cc(-c3noc(C=Cc4ccc(OC)c(OC)c4)n3)ccc21. The van der Waals surface area contributed by atoms with Gasteiger partial charge < -0.3 is 18.9 Å². The van der Waals surface area contributed by atoms with Crippen LogP contribution >= 0.6 is 11.8 Å². The van der Waals surface area contributed by atoms with Crippen molar-refractivity contribution in [2.45, 2.75) is 23.1 Å². The predicted octanol–water partition coefficient (Wildman–Crippen LogP) is 6.45. The van der Waals surface area contributed by atoms with Gasteiger partial charge in [0.1, 0.15) is 0 Å². The molecule has 1 amide bonds. The molecule has 7 nitrogen and oxygen atoms in total. The Balaban J connectivity index is 1.44. The van der Waals surface area contributed by atoms with Crippen LogP contribution in [0, 0.1) is 0 Å². The van der Waals surface area contributed by atoms with Crippen molar-refractivity contribution >= 4 is 35.5 Å². The van der Waals surface area contributed by atoms with Gasteiger partial charge >= 0.3 is 0 Å². The van der Waals surface area contributed by atoms with Gasteiger partial charge in [0.15, 0.2) is 11.5 Å². The number of rotatable bonds is 7. The molecule has 5 rings (SSSR count). The quantitative estimate of drug-likeness (QED) is 0.289. The molecule has 0 saturated carbocycles. The summed E-state index contributed by atoms with van der Waals surface area (Å²) in [4.78, 5) is 21.6. The fourth-order valence-corrected chi connectivity index (χ4v) is 5.17. The van der Waals surface area contributed by atoms with E-state index in [4.69, 9.17) is 14.0 Å². The van der Waals surface area contributed by atoms with Crippen LogP contribution in [0.2, 0.25) is 0 Å². The van der Waals surface area contributed by atoms with E-state index in [1.807, 2.05) is 71.6 Å². The van der Waals surface area contributed by atoms with Crippen molar-refractivity contribution in [1.29, 1.82) is 0 Å². The number of amides is 1. The van der Waals surface area contributed by atoms with Crippen LogP contribution in [0.1, 0.15) is 35.2 Å². The number of aromatic nitrogens is 2. The van der Waals surface area contributed by atoms with Crippen molar-refractivity contribution in [3.05, 3.63) is 77.7 Å². The van der Waals surface area contributed by atoms with E-state index in [0.29, 0.717) is 29.8 Å². The van der Waals surface area contributed by atoms with Crippen molar-refractivity contribution in [2.75, 3.05) is 25.7 Å². The Bertz CT molecular complexity index is 1450. The normalized spacial score (nSPS) is 12.9. The van der Waals surface area contributed by atoms with Gasteiger partial charge in [0.2, 0.25) is 5.82 Å². The molecule has 0 fully saturated rings. The van der Waals surface area contributed by atoms with E-state index in [1.54, 1.807) is 32.1 Å². The second-order valence-corrected chi connectivity index (χ2v) is 9.23. The van der Waals surface area contributed by atoms with Gasteiger partial charge in [0.05, 0.1) is 25.5 Å². The molecule has 0 radical (unpaired) electrons. The van der Waals surface area contributed by atoms with Gasteiger partial charge in [-0.2, -0.15) is 4.98 Å². The summed E-state index contributed by atoms with van der Waals surface area (Å²) in [5.41, 5.74) is 3.34. The number of ether oxygens (including phenoxy) is 2. The van der Waals surface area contributed by atoms with Crippen molar-refractivity contribution < 1.29 is 18.8 Å². The highest BCUT2D eigenvalue weighted by molar-refractivity contribution is 7.99. The van der Waals surface area contributed by atoms with Gasteiger partial charge in [0.25, 0.3) is 11.8 Å². The summed E-state index contributed by atoms with van der Waals surface area (Å²) in [6, 6.07) is 19.3. The van der Waals surface area contributed by atoms with Crippen molar-refractivity contribution in [1.82, 2.24) is 10.1 Å². The Labute approximate surface area is 213 Å². The van der Waals surface area contributed by atoms with Crippen LogP contribution in [0.4, 0.5) is 5.69 Å². The number of carbonyl (C=O) groups excluding carboxylic acids is 1. The van der Waals surface area contributed by atoms with Crippen molar-refractivity contribution in [3.63, 3.8) is 0 Å². The van der Waals surface area contributed by atoms with Crippen molar-refractivity contribution in [2.24, 2.45) is 0 Å². The van der Waals surface area contributed by atoms with E-state index < -0.39 is 0 Å². The summed E-state index contributed by atoms with van der Waals surface area (Å²) in [5, 5.41) is 4.17. The van der Waals surface area contributed by atoms with E-state index in [9.17, 15) is 4.79 Å². The molecule has 182 valence electrons. The molecule has 8 heteroatoms. The summed E-state index contributed by atoms with van der Waals surface area (Å²) >= 11 is 1.58. The number of benzene rings is 3. The molecule has 1 aliphatic rings. The maximum absolute atomic E-state index is 13.3. The second-order valence-electron chi connectivity index (χ2n) is 8.14. The molecule has 3 aromatic carbocycles. The third-order valence-electron chi connectivity index (χ3n) is 5.81. The predicted molar refractivity (Wildman–Crippen MR) is 141 cm³/mol. The first kappa shape index (κ1) is 23.7. The number of methoxy groups -OCH3 is 2. The first-order valence-corrected chi connectivity index (χ1v) is 12.4. The van der Waals surface area contributed by atoms with Crippen LogP contribution in [0.3, 0.4) is 0 Å². The lowest BCUT2D eigenvalue weighted by Crippen LogP contribution is -2.31. The first-order valence-electron chi connectivity index (χ1n) is 11.6. The third-order valence-corrected chi connectivity index (χ3v) is 6.93. The Kier molecular flexibility index (Phi) is 6.77. The minimum atomic E-state index is 0.0218. The molecular weight excluding hydrogens is 474 g/mol. The number of carbonyl (C=O) groups is 1. The largest absolute Gasteiger partial charge is 0.493 e. The van der Waals surface area contributed by atoms with E-state index in [0.717, 1.165) is 38.6 Å². The summed E-state index contributed by atoms with van der Waals surface area (Å²) in [6.07, 6.45) is 4.49.